The summed E-state index contributed by atoms with van der Waals surface area (Å²) in [6, 6.07) is 18.9. The van der Waals surface area contributed by atoms with Gasteiger partial charge in [-0.3, -0.25) is 9.59 Å². The standard InChI is InChI=1S/C32H34N4O6S/c1-21(2)42-30-13-12-23(11-10-22-6-5-7-24(16-22)31(38)34-14-15-43(33,40)41)17-28(30)32(39)36-26(20-37)18-25-19-35-29-9-4-3-8-27(25)29/h3-9,12-13,16-17,19,21,26,35,37H,14-15,18,20H2,1-2H3,(H,34,38)(H,36,39)(H2,33,40,41)/t26-/m1/s1. The molecule has 3 aromatic carbocycles. The first-order valence-electron chi connectivity index (χ1n) is 13.7. The summed E-state index contributed by atoms with van der Waals surface area (Å²) in [6.07, 6.45) is 2.13. The second kappa shape index (κ2) is 14.0. The summed E-state index contributed by atoms with van der Waals surface area (Å²) >= 11 is 0. The molecule has 0 radical (unpaired) electrons. The molecule has 0 unspecified atom stereocenters. The molecule has 1 heterocycles. The number of sulfonamides is 1. The Balaban J connectivity index is 1.52. The fraction of sp³-hybridized carbons (Fsp3) is 0.250. The lowest BCUT2D eigenvalue weighted by Crippen LogP contribution is -2.39. The van der Waals surface area contributed by atoms with Crippen LogP contribution in [-0.2, 0) is 16.4 Å². The van der Waals surface area contributed by atoms with Crippen molar-refractivity contribution in [2.24, 2.45) is 5.14 Å². The number of nitrogens with one attached hydrogen (secondary N) is 3. The van der Waals surface area contributed by atoms with E-state index in [-0.39, 0.29) is 30.6 Å². The number of amides is 2. The van der Waals surface area contributed by atoms with E-state index in [0.29, 0.717) is 28.9 Å². The van der Waals surface area contributed by atoms with E-state index in [1.54, 1.807) is 42.5 Å². The van der Waals surface area contributed by atoms with Gasteiger partial charge >= 0.3 is 0 Å². The van der Waals surface area contributed by atoms with Crippen molar-refractivity contribution in [3.05, 3.63) is 101 Å². The van der Waals surface area contributed by atoms with Crippen molar-refractivity contribution in [1.82, 2.24) is 15.6 Å². The second-order valence-corrected chi connectivity index (χ2v) is 12.0. The van der Waals surface area contributed by atoms with E-state index >= 15 is 0 Å². The van der Waals surface area contributed by atoms with Gasteiger partial charge in [-0.25, -0.2) is 13.6 Å². The number of carbonyl (C=O) groups excluding carboxylic acids is 2. The Bertz CT molecular complexity index is 1790. The van der Waals surface area contributed by atoms with Crippen LogP contribution in [0.2, 0.25) is 0 Å². The molecular weight excluding hydrogens is 568 g/mol. The van der Waals surface area contributed by atoms with E-state index in [0.717, 1.165) is 16.5 Å². The van der Waals surface area contributed by atoms with Gasteiger partial charge in [-0.05, 0) is 68.3 Å². The van der Waals surface area contributed by atoms with Crippen molar-refractivity contribution in [3.8, 4) is 17.6 Å². The molecule has 0 aliphatic carbocycles. The van der Waals surface area contributed by atoms with Crippen LogP contribution in [0.15, 0.2) is 72.9 Å². The Morgan fingerprint density at radius 2 is 1.74 bits per heavy atom. The summed E-state index contributed by atoms with van der Waals surface area (Å²) in [6.45, 7) is 3.36. The maximum atomic E-state index is 13.5. The molecule has 2 amide bonds. The van der Waals surface area contributed by atoms with Crippen molar-refractivity contribution in [1.29, 1.82) is 0 Å². The van der Waals surface area contributed by atoms with E-state index in [1.165, 1.54) is 0 Å². The number of rotatable bonds is 11. The maximum absolute atomic E-state index is 13.5. The van der Waals surface area contributed by atoms with Gasteiger partial charge in [0.15, 0.2) is 0 Å². The van der Waals surface area contributed by atoms with Gasteiger partial charge in [-0.1, -0.05) is 36.1 Å². The average Bonchev–Trinajstić information content (AvgIpc) is 3.38. The third-order valence-corrected chi connectivity index (χ3v) is 7.20. The van der Waals surface area contributed by atoms with Crippen LogP contribution >= 0.6 is 0 Å². The number of aromatic amines is 1. The SMILES string of the molecule is CC(C)Oc1ccc(C#Cc2cccc(C(=O)NCCS(N)(=O)=O)c2)cc1C(=O)N[C@@H](CO)Cc1c[nH]c2ccccc12. The third-order valence-electron chi connectivity index (χ3n) is 6.43. The summed E-state index contributed by atoms with van der Waals surface area (Å²) in [7, 11) is -3.69. The van der Waals surface area contributed by atoms with E-state index in [1.807, 2.05) is 44.3 Å². The Morgan fingerprint density at radius 1 is 1.00 bits per heavy atom. The molecule has 11 heteroatoms. The Labute approximate surface area is 250 Å². The number of benzene rings is 3. The fourth-order valence-electron chi connectivity index (χ4n) is 4.42. The van der Waals surface area contributed by atoms with Crippen LogP contribution in [0, 0.1) is 11.8 Å². The van der Waals surface area contributed by atoms with E-state index in [2.05, 4.69) is 27.5 Å². The molecule has 0 spiro atoms. The first-order chi connectivity index (χ1) is 20.5. The zero-order chi connectivity index (χ0) is 31.0. The van der Waals surface area contributed by atoms with Gasteiger partial charge in [0.05, 0.1) is 30.1 Å². The topological polar surface area (TPSA) is 164 Å². The van der Waals surface area contributed by atoms with Crippen LogP contribution in [0.25, 0.3) is 10.9 Å². The lowest BCUT2D eigenvalue weighted by molar-refractivity contribution is 0.0909. The number of para-hydroxylation sites is 1. The fourth-order valence-corrected chi connectivity index (χ4v) is 4.81. The Morgan fingerprint density at radius 3 is 2.47 bits per heavy atom. The number of fused-ring (bicyclic) bond motifs is 1. The normalized spacial score (nSPS) is 11.9. The number of nitrogens with two attached hydrogens (primary N) is 1. The van der Waals surface area contributed by atoms with Crippen LogP contribution in [0.1, 0.15) is 51.3 Å². The van der Waals surface area contributed by atoms with Crippen molar-refractivity contribution < 1.29 is 27.9 Å². The minimum absolute atomic E-state index is 0.109. The maximum Gasteiger partial charge on any atom is 0.255 e. The number of aromatic nitrogens is 1. The van der Waals surface area contributed by atoms with Gasteiger partial charge in [0.2, 0.25) is 10.0 Å². The number of ether oxygens (including phenoxy) is 1. The molecular formula is C32H34N4O6S. The average molecular weight is 603 g/mol. The van der Waals surface area contributed by atoms with Gasteiger partial charge < -0.3 is 25.5 Å². The smallest absolute Gasteiger partial charge is 0.255 e. The van der Waals surface area contributed by atoms with E-state index in [9.17, 15) is 23.1 Å². The Hall–Kier alpha value is -4.63. The molecule has 0 saturated heterocycles. The molecule has 224 valence electrons. The van der Waals surface area contributed by atoms with Crippen LogP contribution in [0.4, 0.5) is 0 Å². The lowest BCUT2D eigenvalue weighted by atomic mass is 10.0. The highest BCUT2D eigenvalue weighted by molar-refractivity contribution is 7.89. The molecule has 0 aliphatic heterocycles. The molecule has 0 aliphatic rings. The summed E-state index contributed by atoms with van der Waals surface area (Å²) in [5.41, 5.74) is 3.64. The summed E-state index contributed by atoms with van der Waals surface area (Å²) in [5, 5.41) is 21.5. The summed E-state index contributed by atoms with van der Waals surface area (Å²) in [5.74, 6) is 5.19. The quantitative estimate of drug-likeness (QED) is 0.166. The number of primary sulfonamides is 1. The largest absolute Gasteiger partial charge is 0.490 e. The van der Waals surface area contributed by atoms with Gasteiger partial charge in [0, 0.05) is 40.3 Å². The number of hydrogen-bond acceptors (Lipinski definition) is 6. The predicted octanol–water partition coefficient (Wildman–Crippen LogP) is 2.71. The highest BCUT2D eigenvalue weighted by Crippen LogP contribution is 2.23. The van der Waals surface area contributed by atoms with Gasteiger partial charge in [0.25, 0.3) is 11.8 Å². The predicted molar refractivity (Wildman–Crippen MR) is 165 cm³/mol. The highest BCUT2D eigenvalue weighted by atomic mass is 32.2. The zero-order valence-corrected chi connectivity index (χ0v) is 24.7. The van der Waals surface area contributed by atoms with Crippen molar-refractivity contribution >= 4 is 32.7 Å². The van der Waals surface area contributed by atoms with Crippen LogP contribution in [0.3, 0.4) is 0 Å². The number of aliphatic hydroxyl groups is 1. The second-order valence-electron chi connectivity index (χ2n) is 10.2. The van der Waals surface area contributed by atoms with Gasteiger partial charge in [0.1, 0.15) is 5.75 Å². The first kappa shape index (κ1) is 31.3. The molecule has 0 saturated carbocycles. The number of aliphatic hydroxyl groups excluding tert-OH is 1. The first-order valence-corrected chi connectivity index (χ1v) is 15.4. The zero-order valence-electron chi connectivity index (χ0n) is 23.9. The summed E-state index contributed by atoms with van der Waals surface area (Å²) in [4.78, 5) is 29.1. The molecule has 6 N–H and O–H groups in total. The highest BCUT2D eigenvalue weighted by Gasteiger charge is 2.20. The van der Waals surface area contributed by atoms with Crippen LogP contribution < -0.4 is 20.5 Å². The monoisotopic (exact) mass is 602 g/mol. The number of hydrogen-bond donors (Lipinski definition) is 5. The van der Waals surface area contributed by atoms with Crippen LogP contribution in [0.5, 0.6) is 5.75 Å². The molecule has 4 aromatic rings. The lowest BCUT2D eigenvalue weighted by Gasteiger charge is -2.19. The molecule has 10 nitrogen and oxygen atoms in total. The minimum atomic E-state index is -3.69. The number of carbonyl (C=O) groups is 2. The molecule has 1 atom stereocenters. The van der Waals surface area contributed by atoms with Gasteiger partial charge in [-0.2, -0.15) is 0 Å². The van der Waals surface area contributed by atoms with Crippen LogP contribution in [-0.4, -0.2) is 61.4 Å². The Kier molecular flexibility index (Phi) is 10.2. The van der Waals surface area contributed by atoms with Crippen molar-refractivity contribution in [2.45, 2.75) is 32.4 Å². The van der Waals surface area contributed by atoms with Crippen molar-refractivity contribution in [2.75, 3.05) is 18.9 Å². The number of H-pyrrole nitrogens is 1. The van der Waals surface area contributed by atoms with Crippen molar-refractivity contribution in [3.63, 3.8) is 0 Å². The van der Waals surface area contributed by atoms with Gasteiger partial charge in [-0.15, -0.1) is 0 Å². The molecule has 1 aromatic heterocycles. The molecule has 0 bridgehead atoms. The third kappa shape index (κ3) is 8.93. The van der Waals surface area contributed by atoms with E-state index in [4.69, 9.17) is 9.88 Å². The molecule has 43 heavy (non-hydrogen) atoms. The van der Waals surface area contributed by atoms with E-state index < -0.39 is 27.9 Å². The molecule has 0 fully saturated rings. The summed E-state index contributed by atoms with van der Waals surface area (Å²) < 4.78 is 28.1. The molecule has 4 rings (SSSR count). The minimum Gasteiger partial charge on any atom is -0.490 e.